The molecule has 0 saturated heterocycles. The van der Waals surface area contributed by atoms with E-state index >= 15 is 0 Å². The number of aryl methyl sites for hydroxylation is 1. The van der Waals surface area contributed by atoms with E-state index in [0.717, 1.165) is 21.4 Å². The number of hydrogen-bond donors (Lipinski definition) is 0. The van der Waals surface area contributed by atoms with E-state index in [9.17, 15) is 4.79 Å². The third kappa shape index (κ3) is 3.15. The van der Waals surface area contributed by atoms with E-state index in [1.165, 1.54) is 12.0 Å². The molecular weight excluding hydrogens is 306 g/mol. The van der Waals surface area contributed by atoms with Gasteiger partial charge < -0.3 is 4.74 Å². The molecule has 0 N–H and O–H groups in total. The zero-order valence-electron chi connectivity index (χ0n) is 10.8. The van der Waals surface area contributed by atoms with Crippen molar-refractivity contribution >= 4 is 33.4 Å². The molecular formula is C15H14BrNO2. The normalized spacial score (nSPS) is 10.1. The van der Waals surface area contributed by atoms with Crippen LogP contribution in [0.5, 0.6) is 0 Å². The first kappa shape index (κ1) is 13.6. The second kappa shape index (κ2) is 5.89. The molecule has 0 radical (unpaired) electrons. The summed E-state index contributed by atoms with van der Waals surface area (Å²) in [5.74, 6) is 0. The number of carbonyl (C=O) groups excluding carboxylic acids is 1. The van der Waals surface area contributed by atoms with Crippen molar-refractivity contribution in [3.8, 4) is 0 Å². The summed E-state index contributed by atoms with van der Waals surface area (Å²) in [5.41, 5.74) is 2.60. The largest absolute Gasteiger partial charge is 0.452 e. The summed E-state index contributed by atoms with van der Waals surface area (Å²) in [4.78, 5) is 13.6. The molecule has 0 unspecified atom stereocenters. The van der Waals surface area contributed by atoms with Crippen LogP contribution in [0.1, 0.15) is 5.56 Å². The summed E-state index contributed by atoms with van der Waals surface area (Å²) < 4.78 is 5.80. The molecule has 0 atom stereocenters. The number of methoxy groups -OCH3 is 1. The second-order valence-corrected chi connectivity index (χ2v) is 5.04. The summed E-state index contributed by atoms with van der Waals surface area (Å²) in [5, 5.41) is 0. The lowest BCUT2D eigenvalue weighted by Gasteiger charge is -2.22. The van der Waals surface area contributed by atoms with Crippen LogP contribution in [-0.4, -0.2) is 13.2 Å². The molecule has 0 heterocycles. The highest BCUT2D eigenvalue weighted by molar-refractivity contribution is 9.10. The van der Waals surface area contributed by atoms with Crippen molar-refractivity contribution in [2.45, 2.75) is 6.92 Å². The molecule has 3 nitrogen and oxygen atoms in total. The van der Waals surface area contributed by atoms with Crippen molar-refractivity contribution in [2.24, 2.45) is 0 Å². The molecule has 98 valence electrons. The minimum Gasteiger partial charge on any atom is -0.452 e. The van der Waals surface area contributed by atoms with Gasteiger partial charge >= 0.3 is 6.09 Å². The monoisotopic (exact) mass is 319 g/mol. The lowest BCUT2D eigenvalue weighted by atomic mass is 10.2. The molecule has 0 spiro atoms. The predicted octanol–water partition coefficient (Wildman–Crippen LogP) is 4.66. The van der Waals surface area contributed by atoms with Crippen LogP contribution in [0.25, 0.3) is 0 Å². The van der Waals surface area contributed by atoms with Gasteiger partial charge in [0, 0.05) is 4.47 Å². The Morgan fingerprint density at radius 3 is 2.37 bits per heavy atom. The fraction of sp³-hybridized carbons (Fsp3) is 0.133. The van der Waals surface area contributed by atoms with Gasteiger partial charge in [-0.15, -0.1) is 0 Å². The lowest BCUT2D eigenvalue weighted by molar-refractivity contribution is 0.181. The van der Waals surface area contributed by atoms with Gasteiger partial charge in [0.05, 0.1) is 18.5 Å². The topological polar surface area (TPSA) is 29.5 Å². The quantitative estimate of drug-likeness (QED) is 0.805. The first-order valence-electron chi connectivity index (χ1n) is 5.82. The maximum absolute atomic E-state index is 12.0. The van der Waals surface area contributed by atoms with Crippen LogP contribution < -0.4 is 4.90 Å². The SMILES string of the molecule is COC(=O)N(c1ccccc1)c1cc(C)cc(Br)c1. The molecule has 0 bridgehead atoms. The summed E-state index contributed by atoms with van der Waals surface area (Å²) in [7, 11) is 1.38. The van der Waals surface area contributed by atoms with Gasteiger partial charge in [-0.05, 0) is 42.8 Å². The van der Waals surface area contributed by atoms with E-state index in [0.29, 0.717) is 0 Å². The third-order valence-electron chi connectivity index (χ3n) is 2.66. The van der Waals surface area contributed by atoms with Crippen LogP contribution in [-0.2, 0) is 4.74 Å². The van der Waals surface area contributed by atoms with Crippen LogP contribution in [0.2, 0.25) is 0 Å². The van der Waals surface area contributed by atoms with Gasteiger partial charge in [-0.2, -0.15) is 0 Å². The third-order valence-corrected chi connectivity index (χ3v) is 3.11. The van der Waals surface area contributed by atoms with Crippen molar-refractivity contribution in [3.63, 3.8) is 0 Å². The van der Waals surface area contributed by atoms with Crippen molar-refractivity contribution < 1.29 is 9.53 Å². The van der Waals surface area contributed by atoms with E-state index in [4.69, 9.17) is 4.74 Å². The van der Waals surface area contributed by atoms with Crippen LogP contribution in [0, 0.1) is 6.92 Å². The molecule has 0 aliphatic heterocycles. The number of rotatable bonds is 2. The molecule has 19 heavy (non-hydrogen) atoms. The molecule has 2 aromatic carbocycles. The standard InChI is InChI=1S/C15H14BrNO2/c1-11-8-12(16)10-14(9-11)17(15(18)19-2)13-6-4-3-5-7-13/h3-10H,1-2H3. The van der Waals surface area contributed by atoms with E-state index < -0.39 is 6.09 Å². The molecule has 0 aliphatic rings. The van der Waals surface area contributed by atoms with Gasteiger partial charge in [0.1, 0.15) is 0 Å². The van der Waals surface area contributed by atoms with Gasteiger partial charge in [-0.3, -0.25) is 0 Å². The minimum atomic E-state index is -0.413. The maximum Gasteiger partial charge on any atom is 0.418 e. The summed E-state index contributed by atoms with van der Waals surface area (Å²) >= 11 is 3.45. The summed E-state index contributed by atoms with van der Waals surface area (Å²) in [6.07, 6.45) is -0.413. The number of halogens is 1. The molecule has 0 fully saturated rings. The Bertz CT molecular complexity index is 564. The zero-order chi connectivity index (χ0) is 13.8. The Morgan fingerprint density at radius 1 is 1.11 bits per heavy atom. The highest BCUT2D eigenvalue weighted by Gasteiger charge is 2.18. The number of nitrogens with zero attached hydrogens (tertiary/aromatic N) is 1. The van der Waals surface area contributed by atoms with Crippen molar-refractivity contribution in [3.05, 3.63) is 58.6 Å². The van der Waals surface area contributed by atoms with Crippen LogP contribution in [0.4, 0.5) is 16.2 Å². The van der Waals surface area contributed by atoms with Crippen LogP contribution in [0.15, 0.2) is 53.0 Å². The molecule has 1 amide bonds. The minimum absolute atomic E-state index is 0.413. The molecule has 2 rings (SSSR count). The summed E-state index contributed by atoms with van der Waals surface area (Å²) in [6, 6.07) is 15.2. The molecule has 0 aromatic heterocycles. The molecule has 4 heteroatoms. The van der Waals surface area contributed by atoms with Crippen molar-refractivity contribution in [1.29, 1.82) is 0 Å². The summed E-state index contributed by atoms with van der Waals surface area (Å²) in [6.45, 7) is 1.98. The van der Waals surface area contributed by atoms with Gasteiger partial charge in [0.25, 0.3) is 0 Å². The Labute approximate surface area is 120 Å². The highest BCUT2D eigenvalue weighted by atomic mass is 79.9. The number of benzene rings is 2. The average Bonchev–Trinajstić information content (AvgIpc) is 2.39. The lowest BCUT2D eigenvalue weighted by Crippen LogP contribution is -2.25. The van der Waals surface area contributed by atoms with Crippen molar-refractivity contribution in [1.82, 2.24) is 0 Å². The number of anilines is 2. The Hall–Kier alpha value is -1.81. The Balaban J connectivity index is 2.52. The fourth-order valence-electron chi connectivity index (χ4n) is 1.87. The van der Waals surface area contributed by atoms with Crippen LogP contribution in [0.3, 0.4) is 0 Å². The molecule has 0 aliphatic carbocycles. The maximum atomic E-state index is 12.0. The highest BCUT2D eigenvalue weighted by Crippen LogP contribution is 2.29. The van der Waals surface area contributed by atoms with Crippen molar-refractivity contribution in [2.75, 3.05) is 12.0 Å². The smallest absolute Gasteiger partial charge is 0.418 e. The number of para-hydroxylation sites is 1. The Morgan fingerprint density at radius 2 is 1.79 bits per heavy atom. The van der Waals surface area contributed by atoms with E-state index in [-0.39, 0.29) is 0 Å². The Kier molecular flexibility index (Phi) is 4.22. The average molecular weight is 320 g/mol. The molecule has 2 aromatic rings. The second-order valence-electron chi connectivity index (χ2n) is 4.13. The number of carbonyl (C=O) groups is 1. The van der Waals surface area contributed by atoms with Crippen LogP contribution >= 0.6 is 15.9 Å². The van der Waals surface area contributed by atoms with E-state index in [1.54, 1.807) is 0 Å². The van der Waals surface area contributed by atoms with Gasteiger partial charge in [-0.1, -0.05) is 34.1 Å². The van der Waals surface area contributed by atoms with E-state index in [2.05, 4.69) is 15.9 Å². The predicted molar refractivity (Wildman–Crippen MR) is 79.9 cm³/mol. The van der Waals surface area contributed by atoms with Gasteiger partial charge in [0.2, 0.25) is 0 Å². The molecule has 0 saturated carbocycles. The van der Waals surface area contributed by atoms with Gasteiger partial charge in [-0.25, -0.2) is 9.69 Å². The first-order valence-corrected chi connectivity index (χ1v) is 6.61. The number of amides is 1. The fourth-order valence-corrected chi connectivity index (χ4v) is 2.47. The number of hydrogen-bond acceptors (Lipinski definition) is 2. The van der Waals surface area contributed by atoms with E-state index in [1.807, 2.05) is 55.5 Å². The number of ether oxygens (including phenoxy) is 1. The van der Waals surface area contributed by atoms with Gasteiger partial charge in [0.15, 0.2) is 0 Å². The zero-order valence-corrected chi connectivity index (χ0v) is 12.3. The first-order chi connectivity index (χ1) is 9.11.